The summed E-state index contributed by atoms with van der Waals surface area (Å²) in [5.41, 5.74) is 6.45. The van der Waals surface area contributed by atoms with Crippen molar-refractivity contribution in [3.8, 4) is 0 Å². The van der Waals surface area contributed by atoms with E-state index in [1.807, 2.05) is 6.92 Å². The number of nitrogens with zero attached hydrogens (tertiary/aromatic N) is 2. The van der Waals surface area contributed by atoms with Gasteiger partial charge < -0.3 is 10.8 Å². The topological polar surface area (TPSA) is 64.1 Å². The van der Waals surface area contributed by atoms with E-state index < -0.39 is 5.72 Å². The number of rotatable bonds is 1. The second-order valence-corrected chi connectivity index (χ2v) is 4.14. The Morgan fingerprint density at radius 1 is 1.43 bits per heavy atom. The predicted octanol–water partition coefficient (Wildman–Crippen LogP) is 1.38. The summed E-state index contributed by atoms with van der Waals surface area (Å²) in [6, 6.07) is 0. The maximum absolute atomic E-state index is 10.4. The molecular formula is C10H17N3O. The van der Waals surface area contributed by atoms with Crippen molar-refractivity contribution in [3.63, 3.8) is 0 Å². The summed E-state index contributed by atoms with van der Waals surface area (Å²) in [6.07, 6.45) is 6.52. The van der Waals surface area contributed by atoms with E-state index >= 15 is 0 Å². The number of aromatic nitrogens is 2. The van der Waals surface area contributed by atoms with E-state index in [1.54, 1.807) is 10.9 Å². The van der Waals surface area contributed by atoms with E-state index in [2.05, 4.69) is 5.10 Å². The zero-order valence-electron chi connectivity index (χ0n) is 8.53. The van der Waals surface area contributed by atoms with Gasteiger partial charge in [0.1, 0.15) is 0 Å². The molecule has 0 aliphatic heterocycles. The fraction of sp³-hybridized carbons (Fsp3) is 0.700. The number of hydrogen-bond acceptors (Lipinski definition) is 3. The van der Waals surface area contributed by atoms with E-state index in [0.717, 1.165) is 31.4 Å². The van der Waals surface area contributed by atoms with Crippen molar-refractivity contribution >= 4 is 5.69 Å². The molecule has 3 N–H and O–H groups in total. The van der Waals surface area contributed by atoms with Gasteiger partial charge in [0, 0.05) is 0 Å². The van der Waals surface area contributed by atoms with Crippen molar-refractivity contribution < 1.29 is 5.11 Å². The summed E-state index contributed by atoms with van der Waals surface area (Å²) in [4.78, 5) is 0. The third-order valence-electron chi connectivity index (χ3n) is 3.10. The Hall–Kier alpha value is -1.03. The van der Waals surface area contributed by atoms with Crippen molar-refractivity contribution in [1.82, 2.24) is 9.78 Å². The molecule has 0 aromatic carbocycles. The van der Waals surface area contributed by atoms with Crippen molar-refractivity contribution in [3.05, 3.63) is 11.9 Å². The number of aliphatic hydroxyl groups is 1. The lowest BCUT2D eigenvalue weighted by molar-refractivity contribution is -0.0809. The molecule has 1 aromatic rings. The molecule has 0 bridgehead atoms. The van der Waals surface area contributed by atoms with Gasteiger partial charge in [0.2, 0.25) is 0 Å². The molecule has 1 aliphatic carbocycles. The van der Waals surface area contributed by atoms with Gasteiger partial charge in [-0.15, -0.1) is 0 Å². The molecule has 14 heavy (non-hydrogen) atoms. The van der Waals surface area contributed by atoms with Gasteiger partial charge in [-0.3, -0.25) is 0 Å². The molecule has 1 heterocycles. The molecule has 78 valence electrons. The minimum Gasteiger partial charge on any atom is -0.396 e. The van der Waals surface area contributed by atoms with Gasteiger partial charge in [-0.05, 0) is 32.6 Å². The zero-order valence-corrected chi connectivity index (χ0v) is 8.53. The fourth-order valence-electron chi connectivity index (χ4n) is 2.17. The molecule has 0 amide bonds. The van der Waals surface area contributed by atoms with Crippen LogP contribution in [0.15, 0.2) is 6.20 Å². The van der Waals surface area contributed by atoms with Gasteiger partial charge in [0.05, 0.1) is 17.6 Å². The normalized spacial score (nSPS) is 21.0. The van der Waals surface area contributed by atoms with Crippen molar-refractivity contribution in [2.75, 3.05) is 5.73 Å². The minimum absolute atomic E-state index is 0.656. The van der Waals surface area contributed by atoms with Gasteiger partial charge in [0.25, 0.3) is 0 Å². The van der Waals surface area contributed by atoms with Crippen molar-refractivity contribution in [2.24, 2.45) is 0 Å². The molecule has 4 heteroatoms. The van der Waals surface area contributed by atoms with Crippen LogP contribution < -0.4 is 5.73 Å². The summed E-state index contributed by atoms with van der Waals surface area (Å²) < 4.78 is 1.68. The van der Waals surface area contributed by atoms with Gasteiger partial charge in [-0.25, -0.2) is 4.68 Å². The summed E-state index contributed by atoms with van der Waals surface area (Å²) >= 11 is 0. The van der Waals surface area contributed by atoms with Crippen LogP contribution in [0.5, 0.6) is 0 Å². The van der Waals surface area contributed by atoms with Crippen LogP contribution >= 0.6 is 0 Å². The summed E-state index contributed by atoms with van der Waals surface area (Å²) in [5.74, 6) is 0. The molecule has 0 radical (unpaired) electrons. The lowest BCUT2D eigenvalue weighted by Crippen LogP contribution is -2.37. The standard InChI is InChI=1S/C10H17N3O/c1-8-9(11)7-12-13(8)10(14)5-3-2-4-6-10/h7,14H,2-6,11H2,1H3. The first-order chi connectivity index (χ1) is 6.63. The molecule has 0 unspecified atom stereocenters. The first kappa shape index (κ1) is 9.52. The Kier molecular flexibility index (Phi) is 2.23. The smallest absolute Gasteiger partial charge is 0.158 e. The maximum Gasteiger partial charge on any atom is 0.158 e. The molecule has 1 saturated carbocycles. The van der Waals surface area contributed by atoms with Crippen LogP contribution in [0.25, 0.3) is 0 Å². The molecule has 1 aromatic heterocycles. The van der Waals surface area contributed by atoms with Gasteiger partial charge in [-0.2, -0.15) is 5.10 Å². The average molecular weight is 195 g/mol. The number of hydrogen-bond donors (Lipinski definition) is 2. The summed E-state index contributed by atoms with van der Waals surface area (Å²) in [5, 5.41) is 14.5. The predicted molar refractivity (Wildman–Crippen MR) is 54.7 cm³/mol. The van der Waals surface area contributed by atoms with Gasteiger partial charge in [-0.1, -0.05) is 6.42 Å². The molecule has 1 fully saturated rings. The van der Waals surface area contributed by atoms with Gasteiger partial charge >= 0.3 is 0 Å². The Bertz CT molecular complexity index is 326. The Balaban J connectivity index is 2.32. The SMILES string of the molecule is Cc1c(N)cnn1C1(O)CCCCC1. The molecule has 0 spiro atoms. The Morgan fingerprint density at radius 3 is 2.57 bits per heavy atom. The lowest BCUT2D eigenvalue weighted by Gasteiger charge is -2.33. The largest absolute Gasteiger partial charge is 0.396 e. The highest BCUT2D eigenvalue weighted by molar-refractivity contribution is 5.40. The van der Waals surface area contributed by atoms with Gasteiger partial charge in [0.15, 0.2) is 5.72 Å². The van der Waals surface area contributed by atoms with E-state index in [4.69, 9.17) is 5.73 Å². The first-order valence-corrected chi connectivity index (χ1v) is 5.16. The number of anilines is 1. The third-order valence-corrected chi connectivity index (χ3v) is 3.10. The van der Waals surface area contributed by atoms with E-state index in [-0.39, 0.29) is 0 Å². The quantitative estimate of drug-likeness (QED) is 0.711. The fourth-order valence-corrected chi connectivity index (χ4v) is 2.17. The first-order valence-electron chi connectivity index (χ1n) is 5.16. The van der Waals surface area contributed by atoms with Crippen molar-refractivity contribution in [1.29, 1.82) is 0 Å². The van der Waals surface area contributed by atoms with Crippen LogP contribution in [0.3, 0.4) is 0 Å². The van der Waals surface area contributed by atoms with E-state index in [0.29, 0.717) is 5.69 Å². The molecular weight excluding hydrogens is 178 g/mol. The zero-order chi connectivity index (χ0) is 10.2. The number of nitrogens with two attached hydrogens (primary N) is 1. The second-order valence-electron chi connectivity index (χ2n) is 4.14. The Labute approximate surface area is 83.7 Å². The number of nitrogen functional groups attached to an aromatic ring is 1. The maximum atomic E-state index is 10.4. The monoisotopic (exact) mass is 195 g/mol. The summed E-state index contributed by atoms with van der Waals surface area (Å²) in [7, 11) is 0. The highest BCUT2D eigenvalue weighted by Gasteiger charge is 2.33. The summed E-state index contributed by atoms with van der Waals surface area (Å²) in [6.45, 7) is 1.90. The minimum atomic E-state index is -0.792. The second kappa shape index (κ2) is 3.28. The van der Waals surface area contributed by atoms with Crippen LogP contribution in [0, 0.1) is 6.92 Å². The third kappa shape index (κ3) is 1.39. The lowest BCUT2D eigenvalue weighted by atomic mass is 9.92. The average Bonchev–Trinajstić information content (AvgIpc) is 2.49. The van der Waals surface area contributed by atoms with Crippen LogP contribution in [-0.2, 0) is 5.72 Å². The molecule has 1 aliphatic rings. The van der Waals surface area contributed by atoms with Crippen LogP contribution in [0.2, 0.25) is 0 Å². The molecule has 2 rings (SSSR count). The van der Waals surface area contributed by atoms with E-state index in [1.165, 1.54) is 6.42 Å². The van der Waals surface area contributed by atoms with Crippen LogP contribution in [0.1, 0.15) is 37.8 Å². The van der Waals surface area contributed by atoms with E-state index in [9.17, 15) is 5.11 Å². The molecule has 4 nitrogen and oxygen atoms in total. The van der Waals surface area contributed by atoms with Crippen LogP contribution in [-0.4, -0.2) is 14.9 Å². The molecule has 0 atom stereocenters. The molecule has 0 saturated heterocycles. The highest BCUT2D eigenvalue weighted by Crippen LogP contribution is 2.33. The highest BCUT2D eigenvalue weighted by atomic mass is 16.3. The Morgan fingerprint density at radius 2 is 2.07 bits per heavy atom. The van der Waals surface area contributed by atoms with Crippen molar-refractivity contribution in [2.45, 2.75) is 44.8 Å². The van der Waals surface area contributed by atoms with Crippen LogP contribution in [0.4, 0.5) is 5.69 Å².